The van der Waals surface area contributed by atoms with Crippen molar-refractivity contribution in [3.05, 3.63) is 54.1 Å². The molecule has 0 saturated heterocycles. The molecule has 0 aliphatic rings. The second kappa shape index (κ2) is 5.74. The minimum Gasteiger partial charge on any atom is -0.508 e. The van der Waals surface area contributed by atoms with Crippen molar-refractivity contribution in [3.8, 4) is 28.7 Å². The van der Waals surface area contributed by atoms with E-state index in [0.717, 1.165) is 16.7 Å². The maximum Gasteiger partial charge on any atom is 0.229 e. The standard InChI is InChI=1S/C16H13NO2/c17-16(19)3-1-2-12-4-6-13(7-5-12)14-8-10-15(18)11-9-14/h4-11,18H,3H2,(H2,17,19). The van der Waals surface area contributed by atoms with E-state index in [1.807, 2.05) is 36.4 Å². The summed E-state index contributed by atoms with van der Waals surface area (Å²) >= 11 is 0. The quantitative estimate of drug-likeness (QED) is 0.804. The number of phenols is 1. The summed E-state index contributed by atoms with van der Waals surface area (Å²) in [6.45, 7) is 0. The van der Waals surface area contributed by atoms with Crippen molar-refractivity contribution in [1.82, 2.24) is 0 Å². The highest BCUT2D eigenvalue weighted by Crippen LogP contribution is 2.21. The summed E-state index contributed by atoms with van der Waals surface area (Å²) in [7, 11) is 0. The Morgan fingerprint density at radius 2 is 1.53 bits per heavy atom. The van der Waals surface area contributed by atoms with Crippen LogP contribution in [0, 0.1) is 11.8 Å². The fraction of sp³-hybridized carbons (Fsp3) is 0.0625. The van der Waals surface area contributed by atoms with E-state index in [1.165, 1.54) is 0 Å². The fourth-order valence-corrected chi connectivity index (χ4v) is 1.63. The lowest BCUT2D eigenvalue weighted by Crippen LogP contribution is -2.08. The van der Waals surface area contributed by atoms with Crippen LogP contribution in [-0.2, 0) is 4.79 Å². The van der Waals surface area contributed by atoms with Crippen molar-refractivity contribution in [2.45, 2.75) is 6.42 Å². The van der Waals surface area contributed by atoms with Gasteiger partial charge < -0.3 is 10.8 Å². The Hall–Kier alpha value is -2.73. The Bertz CT molecular complexity index is 631. The molecule has 0 atom stereocenters. The summed E-state index contributed by atoms with van der Waals surface area (Å²) in [5.41, 5.74) is 7.91. The van der Waals surface area contributed by atoms with Gasteiger partial charge in [-0.05, 0) is 35.4 Å². The number of benzene rings is 2. The molecule has 3 heteroatoms. The zero-order valence-electron chi connectivity index (χ0n) is 10.3. The van der Waals surface area contributed by atoms with E-state index in [9.17, 15) is 9.90 Å². The van der Waals surface area contributed by atoms with E-state index in [2.05, 4.69) is 11.8 Å². The molecule has 3 nitrogen and oxygen atoms in total. The number of hydrogen-bond donors (Lipinski definition) is 2. The SMILES string of the molecule is NC(=O)CC#Cc1ccc(-c2ccc(O)cc2)cc1. The molecule has 19 heavy (non-hydrogen) atoms. The molecule has 1 amide bonds. The molecular formula is C16H13NO2. The topological polar surface area (TPSA) is 63.3 Å². The van der Waals surface area contributed by atoms with Crippen LogP contribution in [0.1, 0.15) is 12.0 Å². The zero-order valence-corrected chi connectivity index (χ0v) is 10.3. The molecule has 0 heterocycles. The van der Waals surface area contributed by atoms with E-state index < -0.39 is 5.91 Å². The Kier molecular flexibility index (Phi) is 3.84. The third kappa shape index (κ3) is 3.62. The van der Waals surface area contributed by atoms with Crippen LogP contribution in [0.15, 0.2) is 48.5 Å². The summed E-state index contributed by atoms with van der Waals surface area (Å²) in [4.78, 5) is 10.6. The zero-order chi connectivity index (χ0) is 13.7. The number of nitrogens with two attached hydrogens (primary N) is 1. The van der Waals surface area contributed by atoms with Gasteiger partial charge in [0.25, 0.3) is 0 Å². The van der Waals surface area contributed by atoms with Gasteiger partial charge in [-0.3, -0.25) is 4.79 Å². The van der Waals surface area contributed by atoms with Gasteiger partial charge in [0.15, 0.2) is 0 Å². The molecule has 2 rings (SSSR count). The highest BCUT2D eigenvalue weighted by atomic mass is 16.3. The number of amides is 1. The average molecular weight is 251 g/mol. The molecule has 2 aromatic carbocycles. The van der Waals surface area contributed by atoms with Gasteiger partial charge in [-0.15, -0.1) is 0 Å². The minimum atomic E-state index is -0.423. The van der Waals surface area contributed by atoms with Gasteiger partial charge in [-0.25, -0.2) is 0 Å². The smallest absolute Gasteiger partial charge is 0.229 e. The summed E-state index contributed by atoms with van der Waals surface area (Å²) in [5, 5.41) is 9.23. The first-order valence-corrected chi connectivity index (χ1v) is 5.82. The second-order valence-electron chi connectivity index (χ2n) is 4.07. The second-order valence-corrected chi connectivity index (χ2v) is 4.07. The monoisotopic (exact) mass is 251 g/mol. The molecule has 3 N–H and O–H groups in total. The summed E-state index contributed by atoms with van der Waals surface area (Å²) < 4.78 is 0. The Labute approximate surface area is 111 Å². The summed E-state index contributed by atoms with van der Waals surface area (Å²) in [6, 6.07) is 14.7. The van der Waals surface area contributed by atoms with Crippen LogP contribution in [0.25, 0.3) is 11.1 Å². The fourth-order valence-electron chi connectivity index (χ4n) is 1.63. The van der Waals surface area contributed by atoms with E-state index in [4.69, 9.17) is 5.73 Å². The third-order valence-electron chi connectivity index (χ3n) is 2.58. The molecule has 0 unspecified atom stereocenters. The molecule has 0 fully saturated rings. The maximum atomic E-state index is 10.6. The molecule has 0 spiro atoms. The lowest BCUT2D eigenvalue weighted by atomic mass is 10.0. The van der Waals surface area contributed by atoms with E-state index in [-0.39, 0.29) is 12.2 Å². The van der Waals surface area contributed by atoms with Crippen LogP contribution < -0.4 is 5.73 Å². The van der Waals surface area contributed by atoms with Crippen LogP contribution in [0.5, 0.6) is 5.75 Å². The van der Waals surface area contributed by atoms with E-state index in [0.29, 0.717) is 0 Å². The number of rotatable bonds is 2. The van der Waals surface area contributed by atoms with Gasteiger partial charge in [-0.2, -0.15) is 0 Å². The lowest BCUT2D eigenvalue weighted by Gasteiger charge is -2.01. The molecule has 0 aromatic heterocycles. The number of carbonyl (C=O) groups excluding carboxylic acids is 1. The molecule has 0 aliphatic heterocycles. The largest absolute Gasteiger partial charge is 0.508 e. The van der Waals surface area contributed by atoms with Gasteiger partial charge in [0, 0.05) is 5.56 Å². The Balaban J connectivity index is 2.15. The first kappa shape index (κ1) is 12.7. The van der Waals surface area contributed by atoms with Gasteiger partial charge in [0.05, 0.1) is 6.42 Å². The van der Waals surface area contributed by atoms with Crippen molar-refractivity contribution in [2.75, 3.05) is 0 Å². The number of carbonyl (C=O) groups is 1. The van der Waals surface area contributed by atoms with Crippen LogP contribution in [0.3, 0.4) is 0 Å². The van der Waals surface area contributed by atoms with Crippen molar-refractivity contribution >= 4 is 5.91 Å². The molecule has 0 saturated carbocycles. The van der Waals surface area contributed by atoms with Crippen LogP contribution in [0.2, 0.25) is 0 Å². The van der Waals surface area contributed by atoms with Crippen molar-refractivity contribution in [3.63, 3.8) is 0 Å². The number of primary amides is 1. The van der Waals surface area contributed by atoms with E-state index >= 15 is 0 Å². The van der Waals surface area contributed by atoms with Gasteiger partial charge in [0.1, 0.15) is 5.75 Å². The molecule has 2 aromatic rings. The molecule has 0 aliphatic carbocycles. The number of aromatic hydroxyl groups is 1. The number of phenolic OH excluding ortho intramolecular Hbond substituents is 1. The minimum absolute atomic E-state index is 0.0692. The highest BCUT2D eigenvalue weighted by molar-refractivity contribution is 5.76. The maximum absolute atomic E-state index is 10.6. The third-order valence-corrected chi connectivity index (χ3v) is 2.58. The average Bonchev–Trinajstić information content (AvgIpc) is 2.40. The predicted molar refractivity (Wildman–Crippen MR) is 74.2 cm³/mol. The summed E-state index contributed by atoms with van der Waals surface area (Å²) in [6.07, 6.45) is 0.0692. The predicted octanol–water partition coefficient (Wildman–Crippen LogP) is 2.29. The first-order valence-electron chi connectivity index (χ1n) is 5.82. The molecule has 0 radical (unpaired) electrons. The first-order chi connectivity index (χ1) is 9.15. The highest BCUT2D eigenvalue weighted by Gasteiger charge is 1.97. The Morgan fingerprint density at radius 1 is 1.00 bits per heavy atom. The Morgan fingerprint density at radius 3 is 2.05 bits per heavy atom. The van der Waals surface area contributed by atoms with E-state index in [1.54, 1.807) is 12.1 Å². The van der Waals surface area contributed by atoms with Crippen LogP contribution in [0.4, 0.5) is 0 Å². The lowest BCUT2D eigenvalue weighted by molar-refractivity contribution is -0.117. The molecule has 94 valence electrons. The van der Waals surface area contributed by atoms with Gasteiger partial charge >= 0.3 is 0 Å². The van der Waals surface area contributed by atoms with Crippen LogP contribution in [-0.4, -0.2) is 11.0 Å². The van der Waals surface area contributed by atoms with Crippen molar-refractivity contribution in [2.24, 2.45) is 5.73 Å². The van der Waals surface area contributed by atoms with Gasteiger partial charge in [0.2, 0.25) is 5.91 Å². The number of hydrogen-bond acceptors (Lipinski definition) is 2. The van der Waals surface area contributed by atoms with Gasteiger partial charge in [-0.1, -0.05) is 36.1 Å². The van der Waals surface area contributed by atoms with Crippen molar-refractivity contribution < 1.29 is 9.90 Å². The molecular weight excluding hydrogens is 238 g/mol. The molecule has 0 bridgehead atoms. The van der Waals surface area contributed by atoms with Crippen LogP contribution >= 0.6 is 0 Å². The normalized spacial score (nSPS) is 9.47. The van der Waals surface area contributed by atoms with Crippen molar-refractivity contribution in [1.29, 1.82) is 0 Å². The summed E-state index contributed by atoms with van der Waals surface area (Å²) in [5.74, 6) is 5.41.